The predicted octanol–water partition coefficient (Wildman–Crippen LogP) is 0.680. The van der Waals surface area contributed by atoms with Gasteiger partial charge in [-0.25, -0.2) is 0 Å². The molecule has 0 fully saturated rings. The third-order valence-electron chi connectivity index (χ3n) is 0. The molecule has 0 saturated carbocycles. The van der Waals surface area contributed by atoms with E-state index in [-0.39, 0.29) is 28.5 Å². The standard InChI is InChI=1S/C2H3.CH3.V.W/c1-2;;;/h1H3;1H3;;/q2*-1;;+2. The van der Waals surface area contributed by atoms with Gasteiger partial charge in [-0.15, -0.1) is 0 Å². The molecule has 0 saturated heterocycles. The van der Waals surface area contributed by atoms with E-state index in [4.69, 9.17) is 0 Å². The normalized spacial score (nSPS) is 2.40. The summed E-state index contributed by atoms with van der Waals surface area (Å²) in [6, 6.07) is 0. The van der Waals surface area contributed by atoms with Crippen molar-refractivity contribution in [3.8, 4) is 0 Å². The Morgan fingerprint density at radius 1 is 1.60 bits per heavy atom. The Morgan fingerprint density at radius 2 is 1.60 bits per heavy atom. The monoisotopic (exact) mass is 277 g/mol. The van der Waals surface area contributed by atoms with E-state index in [9.17, 15) is 0 Å². The van der Waals surface area contributed by atoms with E-state index in [1.807, 2.05) is 6.92 Å². The van der Waals surface area contributed by atoms with Gasteiger partial charge in [-0.05, 0) is 0 Å². The van der Waals surface area contributed by atoms with Gasteiger partial charge in [-0.1, -0.05) is 0 Å². The minimum Gasteiger partial charge on any atom is -0.358 e. The first-order valence-electron chi connectivity index (χ1n) is 0.724. The summed E-state index contributed by atoms with van der Waals surface area (Å²) in [5.41, 5.74) is 0. The minimum atomic E-state index is 0. The Balaban J connectivity index is -0.0000000200. The molecule has 0 spiro atoms. The van der Waals surface area contributed by atoms with Crippen LogP contribution >= 0.6 is 0 Å². The summed E-state index contributed by atoms with van der Waals surface area (Å²) >= 11 is 2.22. The van der Waals surface area contributed by atoms with Crippen molar-refractivity contribution in [3.63, 3.8) is 0 Å². The van der Waals surface area contributed by atoms with Crippen LogP contribution in [0.3, 0.4) is 0 Å². The molecule has 0 aliphatic heterocycles. The molecular weight excluding hydrogens is 271 g/mol. The van der Waals surface area contributed by atoms with Crippen molar-refractivity contribution in [1.29, 1.82) is 0 Å². The van der Waals surface area contributed by atoms with Gasteiger partial charge < -0.3 is 7.43 Å². The molecule has 0 N–H and O–H groups in total. The van der Waals surface area contributed by atoms with E-state index in [2.05, 4.69) is 21.7 Å². The van der Waals surface area contributed by atoms with Crippen molar-refractivity contribution in [2.45, 2.75) is 6.92 Å². The van der Waals surface area contributed by atoms with Crippen LogP contribution in [0.2, 0.25) is 0 Å². The van der Waals surface area contributed by atoms with Crippen molar-refractivity contribution in [3.05, 3.63) is 7.43 Å². The minimum absolute atomic E-state index is 0. The molecule has 29 valence electrons. The second-order valence-corrected chi connectivity index (χ2v) is 0.922. The quantitative estimate of drug-likeness (QED) is 0.571. The van der Waals surface area contributed by atoms with Gasteiger partial charge in [0.25, 0.3) is 0 Å². The fraction of sp³-hybridized carbons (Fsp3) is 0.333. The third kappa shape index (κ3) is 38.9. The molecule has 2 heteroatoms. The number of hydrogen-bond donors (Lipinski definition) is 0. The molecule has 0 radical (unpaired) electrons. The Morgan fingerprint density at radius 3 is 1.60 bits per heavy atom. The molecule has 0 nitrogen and oxygen atoms in total. The second-order valence-electron chi connectivity index (χ2n) is 0.224. The molecule has 0 bridgehead atoms. The van der Waals surface area contributed by atoms with E-state index in [0.29, 0.717) is 0 Å². The first-order valence-corrected chi connectivity index (χ1v) is 1.42. The van der Waals surface area contributed by atoms with Crippen LogP contribution in [0, 0.1) is 7.43 Å². The van der Waals surface area contributed by atoms with Crippen LogP contribution in [0.4, 0.5) is 0 Å². The van der Waals surface area contributed by atoms with Crippen molar-refractivity contribution in [2.24, 2.45) is 0 Å². The van der Waals surface area contributed by atoms with E-state index < -0.39 is 0 Å². The number of hydrogen-bond acceptors (Lipinski definition) is 0. The fourth-order valence-electron chi connectivity index (χ4n) is 0. The molecule has 0 aromatic heterocycles. The largest absolute Gasteiger partial charge is 2.00 e. The second kappa shape index (κ2) is 19.2. The number of rotatable bonds is 0. The Bertz CT molecular complexity index is 14.4. The van der Waals surface area contributed by atoms with Gasteiger partial charge in [0.05, 0.1) is 0 Å². The van der Waals surface area contributed by atoms with Crippen LogP contribution in [0.25, 0.3) is 0 Å². The van der Waals surface area contributed by atoms with Crippen molar-refractivity contribution >= 4 is 4.73 Å². The van der Waals surface area contributed by atoms with Crippen molar-refractivity contribution in [2.75, 3.05) is 0 Å². The van der Waals surface area contributed by atoms with E-state index >= 15 is 0 Å². The van der Waals surface area contributed by atoms with Gasteiger partial charge in [-0.2, -0.15) is 0 Å². The van der Waals surface area contributed by atoms with Crippen LogP contribution in [-0.4, -0.2) is 4.73 Å². The molecule has 0 aromatic rings. The van der Waals surface area contributed by atoms with Gasteiger partial charge in [0.1, 0.15) is 0 Å². The van der Waals surface area contributed by atoms with Crippen LogP contribution in [0.1, 0.15) is 6.92 Å². The van der Waals surface area contributed by atoms with Gasteiger partial charge in [0.2, 0.25) is 0 Å². The predicted molar refractivity (Wildman–Crippen MR) is 17.1 cm³/mol. The summed E-state index contributed by atoms with van der Waals surface area (Å²) in [6.45, 7) is 1.85. The topological polar surface area (TPSA) is 0 Å². The zero-order valence-electron chi connectivity index (χ0n) is 3.36. The molecule has 0 aliphatic carbocycles. The average Bonchev–Trinajstić information content (AvgIpc) is 0.918. The fourth-order valence-corrected chi connectivity index (χ4v) is 0. The molecule has 0 amide bonds. The van der Waals surface area contributed by atoms with Gasteiger partial charge in [0, 0.05) is 0 Å². The molecule has 0 aromatic carbocycles. The smallest absolute Gasteiger partial charge is 0.358 e. The molecule has 0 aliphatic rings. The van der Waals surface area contributed by atoms with Crippen molar-refractivity contribution < 1.29 is 38.0 Å². The Hall–Kier alpha value is 1.14. The van der Waals surface area contributed by atoms with Crippen molar-refractivity contribution in [1.82, 2.24) is 0 Å². The first kappa shape index (κ1) is 16.4. The Kier molecular flexibility index (Phi) is 63.2. The zero-order valence-corrected chi connectivity index (χ0v) is 7.69. The molecule has 0 unspecified atom stereocenters. The van der Waals surface area contributed by atoms with E-state index in [1.165, 1.54) is 0 Å². The molecule has 5 heavy (non-hydrogen) atoms. The molecular formula is C3H6VW. The summed E-state index contributed by atoms with van der Waals surface area (Å²) < 4.78 is 2.69. The van der Waals surface area contributed by atoms with Crippen LogP contribution < -0.4 is 0 Å². The van der Waals surface area contributed by atoms with E-state index in [1.54, 1.807) is 0 Å². The summed E-state index contributed by atoms with van der Waals surface area (Å²) in [4.78, 5) is 0. The third-order valence-corrected chi connectivity index (χ3v) is 0. The van der Waals surface area contributed by atoms with E-state index in [0.717, 1.165) is 0 Å². The molecule has 0 atom stereocenters. The maximum Gasteiger partial charge on any atom is 2.00 e. The summed E-state index contributed by atoms with van der Waals surface area (Å²) in [5.74, 6) is 0. The molecule has 0 rings (SSSR count). The van der Waals surface area contributed by atoms with Gasteiger partial charge in [0.15, 0.2) is 0 Å². The summed E-state index contributed by atoms with van der Waals surface area (Å²) in [5, 5.41) is 0. The summed E-state index contributed by atoms with van der Waals surface area (Å²) in [7, 11) is 0. The average molecular weight is 277 g/mol. The van der Waals surface area contributed by atoms with Crippen LogP contribution in [-0.2, 0) is 38.0 Å². The first-order chi connectivity index (χ1) is 1.41. The van der Waals surface area contributed by atoms with Gasteiger partial charge in [-0.3, -0.25) is 0 Å². The zero-order chi connectivity index (χ0) is 2.71. The van der Waals surface area contributed by atoms with Gasteiger partial charge >= 0.3 is 49.7 Å². The van der Waals surface area contributed by atoms with Crippen LogP contribution in [0.5, 0.6) is 0 Å². The maximum atomic E-state index is 2.69. The van der Waals surface area contributed by atoms with Crippen LogP contribution in [0.15, 0.2) is 0 Å². The maximum absolute atomic E-state index is 2.69. The SMILES string of the molecule is C[C-]=[V].[CH3-].[W+2]. The Labute approximate surface area is 57.1 Å². The summed E-state index contributed by atoms with van der Waals surface area (Å²) in [6.07, 6.45) is 0. The molecule has 0 heterocycles.